The molecule has 1 rings (SSSR count). The van der Waals surface area contributed by atoms with E-state index in [4.69, 9.17) is 10.5 Å². The number of halogens is 4. The number of hydrogen-bond donors (Lipinski definition) is 1. The van der Waals surface area contributed by atoms with Gasteiger partial charge in [-0.05, 0) is 30.2 Å². The van der Waals surface area contributed by atoms with Crippen LogP contribution in [-0.2, 0) is 11.2 Å². The molecule has 0 saturated heterocycles. The molecule has 0 aliphatic rings. The molecule has 19 heavy (non-hydrogen) atoms. The molecule has 0 spiro atoms. The van der Waals surface area contributed by atoms with E-state index in [9.17, 15) is 13.2 Å². The summed E-state index contributed by atoms with van der Waals surface area (Å²) in [6.45, 7) is -1.44. The Morgan fingerprint density at radius 1 is 1.37 bits per heavy atom. The lowest BCUT2D eigenvalue weighted by Gasteiger charge is -2.15. The van der Waals surface area contributed by atoms with Crippen molar-refractivity contribution >= 4 is 15.9 Å². The van der Waals surface area contributed by atoms with Crippen LogP contribution in [0.3, 0.4) is 0 Å². The largest absolute Gasteiger partial charge is 0.496 e. The minimum absolute atomic E-state index is 0.158. The van der Waals surface area contributed by atoms with Crippen LogP contribution in [-0.4, -0.2) is 32.5 Å². The van der Waals surface area contributed by atoms with E-state index in [2.05, 4.69) is 20.7 Å². The Kier molecular flexibility index (Phi) is 6.09. The second-order valence-corrected chi connectivity index (χ2v) is 4.97. The van der Waals surface area contributed by atoms with Crippen LogP contribution < -0.4 is 10.5 Å². The Morgan fingerprint density at radius 3 is 2.63 bits per heavy atom. The van der Waals surface area contributed by atoms with Crippen molar-refractivity contribution in [1.82, 2.24) is 0 Å². The molecule has 1 aromatic carbocycles. The van der Waals surface area contributed by atoms with Gasteiger partial charge in [0.05, 0.1) is 13.7 Å². The van der Waals surface area contributed by atoms with E-state index in [0.717, 1.165) is 10.0 Å². The van der Waals surface area contributed by atoms with E-state index in [-0.39, 0.29) is 6.61 Å². The molecule has 0 fully saturated rings. The molecule has 108 valence electrons. The van der Waals surface area contributed by atoms with Gasteiger partial charge in [0.2, 0.25) is 0 Å². The molecule has 0 aliphatic heterocycles. The molecule has 0 radical (unpaired) electrons. The van der Waals surface area contributed by atoms with Gasteiger partial charge in [0.25, 0.3) is 0 Å². The highest BCUT2D eigenvalue weighted by Crippen LogP contribution is 2.24. The lowest BCUT2D eigenvalue weighted by atomic mass is 10.1. The number of rotatable bonds is 6. The van der Waals surface area contributed by atoms with Crippen molar-refractivity contribution in [2.45, 2.75) is 18.6 Å². The smallest absolute Gasteiger partial charge is 0.411 e. The zero-order valence-corrected chi connectivity index (χ0v) is 11.9. The molecule has 0 heterocycles. The fourth-order valence-electron chi connectivity index (χ4n) is 1.57. The minimum atomic E-state index is -4.33. The fraction of sp³-hybridized carbons (Fsp3) is 0.500. The number of hydrogen-bond acceptors (Lipinski definition) is 3. The first-order valence-corrected chi connectivity index (χ1v) is 6.33. The van der Waals surface area contributed by atoms with Gasteiger partial charge in [-0.1, -0.05) is 15.9 Å². The highest BCUT2D eigenvalue weighted by molar-refractivity contribution is 9.10. The van der Waals surface area contributed by atoms with Crippen molar-refractivity contribution in [3.05, 3.63) is 28.2 Å². The molecular weight excluding hydrogens is 327 g/mol. The summed E-state index contributed by atoms with van der Waals surface area (Å²) in [6, 6.07) is 4.88. The molecule has 7 heteroatoms. The Bertz CT molecular complexity index is 412. The van der Waals surface area contributed by atoms with Crippen LogP contribution in [0.1, 0.15) is 5.56 Å². The summed E-state index contributed by atoms with van der Waals surface area (Å²) >= 11 is 3.32. The summed E-state index contributed by atoms with van der Waals surface area (Å²) in [5.41, 5.74) is 6.56. The molecular formula is C12H15BrF3NO2. The summed E-state index contributed by atoms with van der Waals surface area (Å²) in [4.78, 5) is 0. The topological polar surface area (TPSA) is 44.5 Å². The predicted molar refractivity (Wildman–Crippen MR) is 69.2 cm³/mol. The number of ether oxygens (including phenoxy) is 2. The summed E-state index contributed by atoms with van der Waals surface area (Å²) < 4.78 is 46.3. The first-order valence-electron chi connectivity index (χ1n) is 5.54. The van der Waals surface area contributed by atoms with Gasteiger partial charge in [0.1, 0.15) is 12.4 Å². The van der Waals surface area contributed by atoms with Crippen molar-refractivity contribution in [3.63, 3.8) is 0 Å². The number of alkyl halides is 3. The lowest BCUT2D eigenvalue weighted by molar-refractivity contribution is -0.174. The molecule has 0 aliphatic carbocycles. The molecule has 1 aromatic rings. The number of nitrogens with two attached hydrogens (primary N) is 1. The second kappa shape index (κ2) is 7.12. The standard InChI is InChI=1S/C12H15BrF3NO2/c1-18-11-3-2-9(13)4-8(11)5-10(17)6-19-7-12(14,15)16/h2-4,10H,5-7,17H2,1H3. The van der Waals surface area contributed by atoms with Gasteiger partial charge in [-0.25, -0.2) is 0 Å². The average Bonchev–Trinajstić information content (AvgIpc) is 2.27. The Balaban J connectivity index is 2.52. The van der Waals surface area contributed by atoms with E-state index in [1.165, 1.54) is 7.11 Å². The third kappa shape index (κ3) is 6.26. The fourth-order valence-corrected chi connectivity index (χ4v) is 1.98. The Labute approximate surface area is 118 Å². The van der Waals surface area contributed by atoms with Crippen molar-refractivity contribution in [3.8, 4) is 5.75 Å². The predicted octanol–water partition coefficient (Wildman–Crippen LogP) is 2.91. The van der Waals surface area contributed by atoms with Crippen molar-refractivity contribution in [1.29, 1.82) is 0 Å². The van der Waals surface area contributed by atoms with E-state index in [0.29, 0.717) is 12.2 Å². The van der Waals surface area contributed by atoms with E-state index < -0.39 is 18.8 Å². The lowest BCUT2D eigenvalue weighted by Crippen LogP contribution is -2.31. The molecule has 3 nitrogen and oxygen atoms in total. The molecule has 1 atom stereocenters. The zero-order chi connectivity index (χ0) is 14.5. The van der Waals surface area contributed by atoms with Crippen LogP contribution in [0.5, 0.6) is 5.75 Å². The van der Waals surface area contributed by atoms with Gasteiger partial charge in [-0.3, -0.25) is 0 Å². The SMILES string of the molecule is COc1ccc(Br)cc1CC(N)COCC(F)(F)F. The minimum Gasteiger partial charge on any atom is -0.496 e. The first-order chi connectivity index (χ1) is 8.81. The normalized spacial score (nSPS) is 13.4. The highest BCUT2D eigenvalue weighted by Gasteiger charge is 2.27. The van der Waals surface area contributed by atoms with E-state index >= 15 is 0 Å². The second-order valence-electron chi connectivity index (χ2n) is 4.05. The summed E-state index contributed by atoms with van der Waals surface area (Å²) in [7, 11) is 1.53. The monoisotopic (exact) mass is 341 g/mol. The maximum atomic E-state index is 11.9. The van der Waals surface area contributed by atoms with Crippen LogP contribution in [0.25, 0.3) is 0 Å². The van der Waals surface area contributed by atoms with Gasteiger partial charge in [-0.2, -0.15) is 13.2 Å². The molecule has 0 aromatic heterocycles. The van der Waals surface area contributed by atoms with Gasteiger partial charge < -0.3 is 15.2 Å². The van der Waals surface area contributed by atoms with Crippen molar-refractivity contribution < 1.29 is 22.6 Å². The summed E-state index contributed by atoms with van der Waals surface area (Å²) in [5, 5.41) is 0. The molecule has 0 saturated carbocycles. The zero-order valence-electron chi connectivity index (χ0n) is 10.3. The van der Waals surface area contributed by atoms with E-state index in [1.54, 1.807) is 6.07 Å². The van der Waals surface area contributed by atoms with Crippen molar-refractivity contribution in [2.24, 2.45) is 5.73 Å². The summed E-state index contributed by atoms with van der Waals surface area (Å²) in [6.07, 6.45) is -3.95. The van der Waals surface area contributed by atoms with Crippen LogP contribution in [0.4, 0.5) is 13.2 Å². The highest BCUT2D eigenvalue weighted by atomic mass is 79.9. The Hall–Kier alpha value is -0.790. The number of benzene rings is 1. The van der Waals surface area contributed by atoms with Crippen LogP contribution in [0.2, 0.25) is 0 Å². The van der Waals surface area contributed by atoms with Crippen LogP contribution >= 0.6 is 15.9 Å². The molecule has 1 unspecified atom stereocenters. The molecule has 0 bridgehead atoms. The van der Waals surface area contributed by atoms with Gasteiger partial charge in [0.15, 0.2) is 0 Å². The molecule has 0 amide bonds. The molecule has 2 N–H and O–H groups in total. The van der Waals surface area contributed by atoms with E-state index in [1.807, 2.05) is 12.1 Å². The van der Waals surface area contributed by atoms with Crippen molar-refractivity contribution in [2.75, 3.05) is 20.3 Å². The third-order valence-electron chi connectivity index (χ3n) is 2.32. The Morgan fingerprint density at radius 2 is 2.05 bits per heavy atom. The summed E-state index contributed by atoms with van der Waals surface area (Å²) in [5.74, 6) is 0.648. The van der Waals surface area contributed by atoms with Gasteiger partial charge in [0, 0.05) is 10.5 Å². The quantitative estimate of drug-likeness (QED) is 0.865. The number of methoxy groups -OCH3 is 1. The van der Waals surface area contributed by atoms with Gasteiger partial charge >= 0.3 is 6.18 Å². The van der Waals surface area contributed by atoms with Gasteiger partial charge in [-0.15, -0.1) is 0 Å². The average molecular weight is 342 g/mol. The van der Waals surface area contributed by atoms with Crippen LogP contribution in [0.15, 0.2) is 22.7 Å². The first kappa shape index (κ1) is 16.3. The maximum Gasteiger partial charge on any atom is 0.411 e. The maximum absolute atomic E-state index is 11.9. The third-order valence-corrected chi connectivity index (χ3v) is 2.82. The van der Waals surface area contributed by atoms with Crippen LogP contribution in [0, 0.1) is 0 Å².